The first-order valence-electron chi connectivity index (χ1n) is 16.4. The van der Waals surface area contributed by atoms with E-state index in [-0.39, 0.29) is 27.1 Å². The smallest absolute Gasteiger partial charge is 0.330 e. The monoisotopic (exact) mass is 830 g/mol. The molecule has 0 saturated carbocycles. The van der Waals surface area contributed by atoms with Crippen LogP contribution in [-0.2, 0) is 24.3 Å². The van der Waals surface area contributed by atoms with Gasteiger partial charge in [0.1, 0.15) is 0 Å². The summed E-state index contributed by atoms with van der Waals surface area (Å²) in [6, 6.07) is 32.5. The molecule has 1 heterocycles. The number of nitro benzene ring substituents is 1. The molecule has 14 heteroatoms. The van der Waals surface area contributed by atoms with Gasteiger partial charge in [-0.05, 0) is 108 Å². The van der Waals surface area contributed by atoms with Gasteiger partial charge in [0, 0.05) is 38.8 Å². The summed E-state index contributed by atoms with van der Waals surface area (Å²) >= 11 is 19.3. The molecule has 0 aromatic heterocycles. The van der Waals surface area contributed by atoms with E-state index in [0.29, 0.717) is 36.5 Å². The zero-order valence-electron chi connectivity index (χ0n) is 29.1. The summed E-state index contributed by atoms with van der Waals surface area (Å²) in [5.74, 6) is -1.63. The topological polar surface area (TPSA) is 124 Å². The van der Waals surface area contributed by atoms with Crippen LogP contribution in [-0.4, -0.2) is 41.9 Å². The first-order valence-corrected chi connectivity index (χ1v) is 20.8. The van der Waals surface area contributed by atoms with Gasteiger partial charge in [0.15, 0.2) is 0 Å². The number of amides is 1. The molecule has 0 fully saturated rings. The number of rotatable bonds is 10. The molecule has 0 radical (unpaired) electrons. The molecule has 5 aromatic rings. The zero-order chi connectivity index (χ0) is 39.5. The lowest BCUT2D eigenvalue weighted by molar-refractivity contribution is -0.384. The van der Waals surface area contributed by atoms with Crippen molar-refractivity contribution in [2.45, 2.75) is 11.8 Å². The molecule has 278 valence electrons. The van der Waals surface area contributed by atoms with Crippen LogP contribution in [0.2, 0.25) is 15.1 Å². The van der Waals surface area contributed by atoms with Gasteiger partial charge in [0.25, 0.3) is 21.6 Å². The van der Waals surface area contributed by atoms with E-state index in [9.17, 15) is 23.3 Å². The van der Waals surface area contributed by atoms with Crippen molar-refractivity contribution in [3.63, 3.8) is 0 Å². The first-order chi connectivity index (χ1) is 26.3. The van der Waals surface area contributed by atoms with Gasteiger partial charge in [-0.2, -0.15) is 4.31 Å². The summed E-state index contributed by atoms with van der Waals surface area (Å²) in [6.45, 7) is -1.68. The quantitative estimate of drug-likeness (QED) is 0.0457. The van der Waals surface area contributed by atoms with E-state index in [1.54, 1.807) is 91.9 Å². The second-order valence-electron chi connectivity index (χ2n) is 12.2. The Labute approximate surface area is 332 Å². The Kier molecular flexibility index (Phi) is 11.7. The van der Waals surface area contributed by atoms with Crippen LogP contribution in [0.4, 0.5) is 5.69 Å². The van der Waals surface area contributed by atoms with Crippen molar-refractivity contribution in [1.29, 1.82) is 0 Å². The van der Waals surface area contributed by atoms with Gasteiger partial charge >= 0.3 is 5.97 Å². The van der Waals surface area contributed by atoms with Crippen molar-refractivity contribution in [3.8, 4) is 0 Å². The molecular weight excluding hydrogens is 802 g/mol. The summed E-state index contributed by atoms with van der Waals surface area (Å²) in [4.78, 5) is 39.0. The number of benzene rings is 5. The van der Waals surface area contributed by atoms with Crippen molar-refractivity contribution >= 4 is 96.6 Å². The number of ether oxygens (including phenoxy) is 1. The summed E-state index contributed by atoms with van der Waals surface area (Å²) in [5, 5.41) is 14.6. The van der Waals surface area contributed by atoms with E-state index in [2.05, 4.69) is 0 Å². The fourth-order valence-electron chi connectivity index (χ4n) is 6.18. The standard InChI is InChI=1S/C41H30Cl3N2O7PS/c1-27-3-22-36(23-4-27)55(51,52)45-38(25-7-28-5-14-32(15-6-28)46(49)50)37(24-26-39(47)53-2)40(41(45)48)54(33-16-8-29(42)9-17-33,34-18-10-30(43)11-19-34)35-20-12-31(44)13-21-35/h3-26H,1-2H3/b25-7+,26-24+. The van der Waals surface area contributed by atoms with E-state index in [1.807, 2.05) is 0 Å². The van der Waals surface area contributed by atoms with Gasteiger partial charge in [-0.15, -0.1) is 0 Å². The lowest BCUT2D eigenvalue weighted by Crippen LogP contribution is -2.39. The van der Waals surface area contributed by atoms with Crippen LogP contribution in [0.5, 0.6) is 0 Å². The predicted molar refractivity (Wildman–Crippen MR) is 221 cm³/mol. The molecule has 1 amide bonds. The Bertz CT molecular complexity index is 2450. The second kappa shape index (κ2) is 16.3. The number of halogens is 3. The molecule has 0 unspecified atom stereocenters. The number of aryl methyl sites for hydroxylation is 1. The van der Waals surface area contributed by atoms with Crippen LogP contribution in [0, 0.1) is 17.0 Å². The molecule has 6 rings (SSSR count). The van der Waals surface area contributed by atoms with E-state index in [0.717, 1.165) is 15.9 Å². The summed E-state index contributed by atoms with van der Waals surface area (Å²) in [6.07, 6.45) is 5.46. The highest BCUT2D eigenvalue weighted by atomic mass is 35.5. The third-order valence-corrected chi connectivity index (χ3v) is 15.6. The number of sulfonamides is 1. The maximum atomic E-state index is 15.6. The highest BCUT2D eigenvalue weighted by Gasteiger charge is 2.47. The van der Waals surface area contributed by atoms with Gasteiger partial charge < -0.3 is 4.74 Å². The molecule has 5 aromatic carbocycles. The molecule has 1 aliphatic rings. The van der Waals surface area contributed by atoms with Gasteiger partial charge in [-0.25, -0.2) is 13.2 Å². The van der Waals surface area contributed by atoms with Gasteiger partial charge in [0.05, 0.1) is 27.9 Å². The van der Waals surface area contributed by atoms with Crippen molar-refractivity contribution in [3.05, 3.63) is 187 Å². The molecule has 0 aliphatic carbocycles. The Morgan fingerprint density at radius 1 is 0.727 bits per heavy atom. The highest BCUT2D eigenvalue weighted by molar-refractivity contribution is 7.97. The van der Waals surface area contributed by atoms with Crippen molar-refractivity contribution < 1.29 is 27.7 Å². The molecule has 0 N–H and O–H groups in total. The number of carbonyl (C=O) groups is 2. The SMILES string of the molecule is COC(=O)/C=C/C1=C(/C=C/c2ccc([N+](=O)[O-])cc2)N(S(=O)(=O)c2ccc(C)cc2)C(=O)C1=P(c1ccc(Cl)cc1)(c1ccc(Cl)cc1)c1ccc(Cl)cc1. The minimum atomic E-state index is -4.64. The highest BCUT2D eigenvalue weighted by Crippen LogP contribution is 2.51. The number of esters is 1. The average Bonchev–Trinajstić information content (AvgIpc) is 3.46. The van der Waals surface area contributed by atoms with Crippen LogP contribution in [0.25, 0.3) is 6.08 Å². The molecular formula is C41H30Cl3N2O7PS. The lowest BCUT2D eigenvalue weighted by atomic mass is 10.1. The van der Waals surface area contributed by atoms with Gasteiger partial charge in [-0.3, -0.25) is 14.9 Å². The molecule has 0 atom stereocenters. The molecule has 55 heavy (non-hydrogen) atoms. The number of carbonyl (C=O) groups excluding carboxylic acids is 2. The number of allylic oxidation sites excluding steroid dienone is 2. The number of nitrogens with zero attached hydrogens (tertiary/aromatic N) is 2. The summed E-state index contributed by atoms with van der Waals surface area (Å²) in [5.41, 5.74) is 1.15. The van der Waals surface area contributed by atoms with Crippen LogP contribution < -0.4 is 15.9 Å². The molecule has 9 nitrogen and oxygen atoms in total. The average molecular weight is 832 g/mol. The molecule has 1 aliphatic heterocycles. The number of non-ortho nitro benzene ring substituents is 1. The maximum Gasteiger partial charge on any atom is 0.330 e. The Morgan fingerprint density at radius 3 is 1.64 bits per heavy atom. The second-order valence-corrected chi connectivity index (χ2v) is 18.6. The lowest BCUT2D eigenvalue weighted by Gasteiger charge is -2.32. The number of nitro groups is 1. The van der Waals surface area contributed by atoms with Crippen molar-refractivity contribution in [2.75, 3.05) is 7.11 Å². The molecule has 0 spiro atoms. The van der Waals surface area contributed by atoms with E-state index < -0.39 is 33.7 Å². The molecule has 0 bridgehead atoms. The largest absolute Gasteiger partial charge is 0.466 e. The minimum absolute atomic E-state index is 0.0682. The number of hydrogen-bond acceptors (Lipinski definition) is 7. The van der Waals surface area contributed by atoms with E-state index in [4.69, 9.17) is 39.5 Å². The third-order valence-electron chi connectivity index (χ3n) is 8.80. The minimum Gasteiger partial charge on any atom is -0.466 e. The third kappa shape index (κ3) is 7.83. The summed E-state index contributed by atoms with van der Waals surface area (Å²) < 4.78 is 35.4. The van der Waals surface area contributed by atoms with E-state index in [1.165, 1.54) is 61.7 Å². The van der Waals surface area contributed by atoms with Gasteiger partial charge in [0.2, 0.25) is 0 Å². The fourth-order valence-corrected chi connectivity index (χ4v) is 12.4. The predicted octanol–water partition coefficient (Wildman–Crippen LogP) is 8.26. The number of methoxy groups -OCH3 is 1. The van der Waals surface area contributed by atoms with Crippen molar-refractivity contribution in [2.24, 2.45) is 0 Å². The zero-order valence-corrected chi connectivity index (χ0v) is 33.1. The van der Waals surface area contributed by atoms with Crippen LogP contribution in [0.15, 0.2) is 156 Å². The summed E-state index contributed by atoms with van der Waals surface area (Å²) in [7, 11) is -3.45. The van der Waals surface area contributed by atoms with Gasteiger partial charge in [-0.1, -0.05) is 95.0 Å². The normalized spacial score (nSPS) is 13.7. The van der Waals surface area contributed by atoms with Crippen LogP contribution in [0.3, 0.4) is 0 Å². The number of hydrogen-bond donors (Lipinski definition) is 0. The Morgan fingerprint density at radius 2 is 1.20 bits per heavy atom. The van der Waals surface area contributed by atoms with Crippen LogP contribution in [0.1, 0.15) is 11.1 Å². The van der Waals surface area contributed by atoms with Crippen LogP contribution >= 0.6 is 41.7 Å². The maximum absolute atomic E-state index is 15.6. The van der Waals surface area contributed by atoms with E-state index >= 15 is 4.79 Å². The van der Waals surface area contributed by atoms with Crippen molar-refractivity contribution in [1.82, 2.24) is 4.31 Å². The Balaban J connectivity index is 1.84. The first kappa shape index (κ1) is 39.5. The molecule has 0 saturated heterocycles. The Hall–Kier alpha value is -5.22. The fraction of sp³-hybridized carbons (Fsp3) is 0.0488.